The predicted octanol–water partition coefficient (Wildman–Crippen LogP) is 3.34. The predicted molar refractivity (Wildman–Crippen MR) is 83.6 cm³/mol. The van der Waals surface area contributed by atoms with Crippen molar-refractivity contribution in [2.24, 2.45) is 11.8 Å². The third-order valence-electron chi connectivity index (χ3n) is 4.96. The van der Waals surface area contributed by atoms with Gasteiger partial charge in [0.15, 0.2) is 0 Å². The SMILES string of the molecule is C=CCc1cc(C(=O)N[C@H]2C[C@H]3CC[C@H]2C3)ccc1OC. The highest BCUT2D eigenvalue weighted by molar-refractivity contribution is 5.94. The summed E-state index contributed by atoms with van der Waals surface area (Å²) in [6.07, 6.45) is 7.62. The lowest BCUT2D eigenvalue weighted by atomic mass is 9.95. The number of fused-ring (bicyclic) bond motifs is 2. The number of hydrogen-bond donors (Lipinski definition) is 1. The van der Waals surface area contributed by atoms with Crippen LogP contribution in [-0.2, 0) is 6.42 Å². The molecule has 3 heteroatoms. The highest BCUT2D eigenvalue weighted by Gasteiger charge is 2.40. The zero-order valence-electron chi connectivity index (χ0n) is 12.6. The summed E-state index contributed by atoms with van der Waals surface area (Å²) in [5, 5.41) is 3.23. The molecule has 0 unspecified atom stereocenters. The molecule has 1 N–H and O–H groups in total. The first-order chi connectivity index (χ1) is 10.2. The van der Waals surface area contributed by atoms with Crippen molar-refractivity contribution in [1.82, 2.24) is 5.32 Å². The molecule has 0 saturated heterocycles. The number of hydrogen-bond acceptors (Lipinski definition) is 2. The Morgan fingerprint density at radius 3 is 2.90 bits per heavy atom. The Labute approximate surface area is 126 Å². The van der Waals surface area contributed by atoms with Crippen LogP contribution in [0.15, 0.2) is 30.9 Å². The summed E-state index contributed by atoms with van der Waals surface area (Å²) >= 11 is 0. The summed E-state index contributed by atoms with van der Waals surface area (Å²) in [6.45, 7) is 3.76. The van der Waals surface area contributed by atoms with E-state index in [4.69, 9.17) is 4.74 Å². The van der Waals surface area contributed by atoms with Crippen LogP contribution in [0.2, 0.25) is 0 Å². The van der Waals surface area contributed by atoms with Crippen LogP contribution in [0.1, 0.15) is 41.6 Å². The van der Waals surface area contributed by atoms with Gasteiger partial charge in [0, 0.05) is 11.6 Å². The quantitative estimate of drug-likeness (QED) is 0.843. The fraction of sp³-hybridized carbons (Fsp3) is 0.500. The van der Waals surface area contributed by atoms with Gasteiger partial charge in [-0.15, -0.1) is 6.58 Å². The molecule has 0 aromatic heterocycles. The third kappa shape index (κ3) is 2.82. The van der Waals surface area contributed by atoms with E-state index < -0.39 is 0 Å². The molecule has 112 valence electrons. The maximum Gasteiger partial charge on any atom is 0.251 e. The van der Waals surface area contributed by atoms with E-state index in [1.54, 1.807) is 7.11 Å². The van der Waals surface area contributed by atoms with Crippen LogP contribution in [0.5, 0.6) is 5.75 Å². The standard InChI is InChI=1S/C18H23NO2/c1-3-4-14-11-15(7-8-17(14)21-2)18(20)19-16-10-12-5-6-13(16)9-12/h3,7-8,11-13,16H,1,4-6,9-10H2,2H3,(H,19,20)/t12-,13-,16-/m0/s1. The van der Waals surface area contributed by atoms with Gasteiger partial charge in [-0.05, 0) is 61.3 Å². The van der Waals surface area contributed by atoms with Crippen molar-refractivity contribution in [1.29, 1.82) is 0 Å². The molecule has 2 bridgehead atoms. The Bertz CT molecular complexity index is 552. The first kappa shape index (κ1) is 14.2. The average molecular weight is 285 g/mol. The Hall–Kier alpha value is -1.77. The van der Waals surface area contributed by atoms with Gasteiger partial charge < -0.3 is 10.1 Å². The second-order valence-corrected chi connectivity index (χ2v) is 6.27. The zero-order chi connectivity index (χ0) is 14.8. The number of nitrogens with one attached hydrogen (secondary N) is 1. The van der Waals surface area contributed by atoms with E-state index in [1.165, 1.54) is 19.3 Å². The van der Waals surface area contributed by atoms with Crippen LogP contribution in [0.3, 0.4) is 0 Å². The molecule has 0 aliphatic heterocycles. The van der Waals surface area contributed by atoms with Gasteiger partial charge in [-0.1, -0.05) is 12.5 Å². The van der Waals surface area contributed by atoms with Gasteiger partial charge in [-0.25, -0.2) is 0 Å². The summed E-state index contributed by atoms with van der Waals surface area (Å²) < 4.78 is 5.33. The first-order valence-corrected chi connectivity index (χ1v) is 7.80. The lowest BCUT2D eigenvalue weighted by molar-refractivity contribution is 0.0923. The Morgan fingerprint density at radius 2 is 2.29 bits per heavy atom. The molecule has 2 fully saturated rings. The highest BCUT2D eigenvalue weighted by atomic mass is 16.5. The number of carbonyl (C=O) groups is 1. The molecule has 0 spiro atoms. The van der Waals surface area contributed by atoms with Crippen LogP contribution < -0.4 is 10.1 Å². The normalized spacial score (nSPS) is 26.6. The largest absolute Gasteiger partial charge is 0.496 e. The molecule has 21 heavy (non-hydrogen) atoms. The van der Waals surface area contributed by atoms with Crippen molar-refractivity contribution in [3.63, 3.8) is 0 Å². The molecule has 1 aromatic rings. The van der Waals surface area contributed by atoms with Crippen LogP contribution in [0.4, 0.5) is 0 Å². The van der Waals surface area contributed by atoms with E-state index in [-0.39, 0.29) is 5.91 Å². The summed E-state index contributed by atoms with van der Waals surface area (Å²) in [4.78, 5) is 12.5. The monoisotopic (exact) mass is 285 g/mol. The smallest absolute Gasteiger partial charge is 0.251 e. The topological polar surface area (TPSA) is 38.3 Å². The van der Waals surface area contributed by atoms with Crippen molar-refractivity contribution in [2.45, 2.75) is 38.1 Å². The van der Waals surface area contributed by atoms with Crippen molar-refractivity contribution < 1.29 is 9.53 Å². The molecule has 1 aromatic carbocycles. The van der Waals surface area contributed by atoms with Crippen molar-refractivity contribution in [3.05, 3.63) is 42.0 Å². The van der Waals surface area contributed by atoms with E-state index in [0.717, 1.165) is 29.2 Å². The second-order valence-electron chi connectivity index (χ2n) is 6.27. The Kier molecular flexibility index (Phi) is 4.00. The fourth-order valence-electron chi connectivity index (χ4n) is 3.91. The van der Waals surface area contributed by atoms with E-state index in [2.05, 4.69) is 11.9 Å². The van der Waals surface area contributed by atoms with E-state index >= 15 is 0 Å². The lowest BCUT2D eigenvalue weighted by Gasteiger charge is -2.23. The molecule has 2 aliphatic rings. The fourth-order valence-corrected chi connectivity index (χ4v) is 3.91. The van der Waals surface area contributed by atoms with E-state index in [1.807, 2.05) is 24.3 Å². The molecule has 1 amide bonds. The molecule has 0 radical (unpaired) electrons. The summed E-state index contributed by atoms with van der Waals surface area (Å²) in [7, 11) is 1.65. The average Bonchev–Trinajstić information content (AvgIpc) is 3.10. The first-order valence-electron chi connectivity index (χ1n) is 7.80. The maximum atomic E-state index is 12.5. The van der Waals surface area contributed by atoms with Crippen molar-refractivity contribution in [2.75, 3.05) is 7.11 Å². The molecule has 2 aliphatic carbocycles. The van der Waals surface area contributed by atoms with E-state index in [9.17, 15) is 4.79 Å². The number of allylic oxidation sites excluding steroid dienone is 1. The number of rotatable bonds is 5. The summed E-state index contributed by atoms with van der Waals surface area (Å²) in [5.41, 5.74) is 1.73. The number of ether oxygens (including phenoxy) is 1. The molecule has 3 nitrogen and oxygen atoms in total. The number of benzene rings is 1. The Morgan fingerprint density at radius 1 is 1.43 bits per heavy atom. The van der Waals surface area contributed by atoms with Gasteiger partial charge in [0.25, 0.3) is 5.91 Å². The minimum Gasteiger partial charge on any atom is -0.496 e. The zero-order valence-corrected chi connectivity index (χ0v) is 12.6. The molecular formula is C18H23NO2. The van der Waals surface area contributed by atoms with E-state index in [0.29, 0.717) is 18.4 Å². The minimum absolute atomic E-state index is 0.0421. The van der Waals surface area contributed by atoms with Crippen LogP contribution in [0.25, 0.3) is 0 Å². The second kappa shape index (κ2) is 5.92. The van der Waals surface area contributed by atoms with Gasteiger partial charge in [0.05, 0.1) is 7.11 Å². The number of amides is 1. The highest BCUT2D eigenvalue weighted by Crippen LogP contribution is 2.44. The van der Waals surface area contributed by atoms with Gasteiger partial charge >= 0.3 is 0 Å². The van der Waals surface area contributed by atoms with Gasteiger partial charge in [0.1, 0.15) is 5.75 Å². The Balaban J connectivity index is 1.72. The maximum absolute atomic E-state index is 12.5. The number of methoxy groups -OCH3 is 1. The van der Waals surface area contributed by atoms with Crippen molar-refractivity contribution in [3.8, 4) is 5.75 Å². The van der Waals surface area contributed by atoms with Crippen LogP contribution in [0, 0.1) is 11.8 Å². The van der Waals surface area contributed by atoms with Gasteiger partial charge in [-0.2, -0.15) is 0 Å². The summed E-state index contributed by atoms with van der Waals surface area (Å²) in [6, 6.07) is 6.01. The van der Waals surface area contributed by atoms with Gasteiger partial charge in [0.2, 0.25) is 0 Å². The molecule has 2 saturated carbocycles. The number of carbonyl (C=O) groups excluding carboxylic acids is 1. The van der Waals surface area contributed by atoms with Crippen LogP contribution >= 0.6 is 0 Å². The lowest BCUT2D eigenvalue weighted by Crippen LogP contribution is -2.38. The van der Waals surface area contributed by atoms with Crippen molar-refractivity contribution >= 4 is 5.91 Å². The van der Waals surface area contributed by atoms with Crippen LogP contribution in [-0.4, -0.2) is 19.1 Å². The molecule has 3 rings (SSSR count). The van der Waals surface area contributed by atoms with Gasteiger partial charge in [-0.3, -0.25) is 4.79 Å². The third-order valence-corrected chi connectivity index (χ3v) is 4.96. The molecule has 0 heterocycles. The molecule has 3 atom stereocenters. The minimum atomic E-state index is 0.0421. The molecular weight excluding hydrogens is 262 g/mol. The summed E-state index contributed by atoms with van der Waals surface area (Å²) in [5.74, 6) is 2.39.